The van der Waals surface area contributed by atoms with Gasteiger partial charge in [0.15, 0.2) is 0 Å². The van der Waals surface area contributed by atoms with Crippen molar-refractivity contribution < 1.29 is 28.5 Å². The summed E-state index contributed by atoms with van der Waals surface area (Å²) >= 11 is 6.14. The van der Waals surface area contributed by atoms with Gasteiger partial charge in [0.25, 0.3) is 0 Å². The number of esters is 1. The van der Waals surface area contributed by atoms with Crippen molar-refractivity contribution in [2.45, 2.75) is 13.8 Å². The Morgan fingerprint density at radius 1 is 1.00 bits per heavy atom. The molecular formula is C21H25ClO6. The first kappa shape index (κ1) is 23.5. The molecule has 6 nitrogen and oxygen atoms in total. The molecule has 2 aromatic rings. The zero-order chi connectivity index (χ0) is 21.1. The van der Waals surface area contributed by atoms with Crippen LogP contribution in [0.2, 0.25) is 5.02 Å². The van der Waals surface area contributed by atoms with Gasteiger partial charge in [0, 0.05) is 19.8 Å². The van der Waals surface area contributed by atoms with Crippen molar-refractivity contribution in [1.29, 1.82) is 0 Å². The summed E-state index contributed by atoms with van der Waals surface area (Å²) in [6, 6.07) is 8.52. The zero-order valence-electron chi connectivity index (χ0n) is 16.7. The van der Waals surface area contributed by atoms with Crippen molar-refractivity contribution in [2.75, 3.05) is 34.5 Å². The van der Waals surface area contributed by atoms with Crippen LogP contribution in [0.25, 0.3) is 0 Å². The second-order valence-corrected chi connectivity index (χ2v) is 6.24. The van der Waals surface area contributed by atoms with Crippen molar-refractivity contribution in [2.24, 2.45) is 0 Å². The van der Waals surface area contributed by atoms with Gasteiger partial charge < -0.3 is 18.9 Å². The van der Waals surface area contributed by atoms with E-state index >= 15 is 0 Å². The molecule has 0 saturated heterocycles. The fourth-order valence-electron chi connectivity index (χ4n) is 2.24. The van der Waals surface area contributed by atoms with E-state index in [-0.39, 0.29) is 13.2 Å². The van der Waals surface area contributed by atoms with Gasteiger partial charge in [-0.3, -0.25) is 4.79 Å². The molecule has 0 aromatic heterocycles. The van der Waals surface area contributed by atoms with E-state index in [0.29, 0.717) is 33.2 Å². The summed E-state index contributed by atoms with van der Waals surface area (Å²) in [5, 5.41) is 0.324. The summed E-state index contributed by atoms with van der Waals surface area (Å²) in [6.45, 7) is 4.19. The SMILES string of the molecule is COC.COC(=O)c1cc(Cl)c(OCCOc2ccc(C)c(C=O)c2)cc1C. The van der Waals surface area contributed by atoms with Gasteiger partial charge in [-0.15, -0.1) is 0 Å². The second kappa shape index (κ2) is 12.0. The molecule has 0 fully saturated rings. The smallest absolute Gasteiger partial charge is 0.338 e. The van der Waals surface area contributed by atoms with Crippen LogP contribution < -0.4 is 9.47 Å². The van der Waals surface area contributed by atoms with Gasteiger partial charge in [0.05, 0.1) is 17.7 Å². The standard InChI is InChI=1S/C19H19ClO5.C2H6O/c1-12-4-5-15(9-14(12)11-21)24-6-7-25-18-8-13(2)16(10-17(18)20)19(22)23-3;1-3-2/h4-5,8-11H,6-7H2,1-3H3;1-2H3. The van der Waals surface area contributed by atoms with Gasteiger partial charge in [-0.2, -0.15) is 0 Å². The Morgan fingerprint density at radius 2 is 1.64 bits per heavy atom. The number of rotatable bonds is 7. The lowest BCUT2D eigenvalue weighted by Crippen LogP contribution is -2.10. The van der Waals surface area contributed by atoms with E-state index < -0.39 is 5.97 Å². The summed E-state index contributed by atoms with van der Waals surface area (Å²) in [5.41, 5.74) is 2.60. The Labute approximate surface area is 170 Å². The lowest BCUT2D eigenvalue weighted by Gasteiger charge is -2.12. The van der Waals surface area contributed by atoms with E-state index in [9.17, 15) is 9.59 Å². The molecule has 0 aliphatic carbocycles. The second-order valence-electron chi connectivity index (χ2n) is 5.83. The van der Waals surface area contributed by atoms with Crippen molar-refractivity contribution in [3.63, 3.8) is 0 Å². The molecule has 0 unspecified atom stereocenters. The average Bonchev–Trinajstić information content (AvgIpc) is 2.68. The number of aldehydes is 1. The van der Waals surface area contributed by atoms with Crippen LogP contribution in [-0.4, -0.2) is 46.8 Å². The molecule has 0 radical (unpaired) electrons. The summed E-state index contributed by atoms with van der Waals surface area (Å²) in [4.78, 5) is 22.6. The van der Waals surface area contributed by atoms with Crippen LogP contribution in [0, 0.1) is 13.8 Å². The molecule has 0 aliphatic rings. The summed E-state index contributed by atoms with van der Waals surface area (Å²) in [5.74, 6) is 0.618. The first-order valence-corrected chi connectivity index (χ1v) is 8.85. The number of aryl methyl sites for hydroxylation is 2. The van der Waals surface area contributed by atoms with Crippen molar-refractivity contribution in [3.8, 4) is 11.5 Å². The quantitative estimate of drug-likeness (QED) is 0.387. The molecule has 152 valence electrons. The molecule has 0 N–H and O–H groups in total. The molecule has 7 heteroatoms. The largest absolute Gasteiger partial charge is 0.490 e. The maximum Gasteiger partial charge on any atom is 0.338 e. The molecular weight excluding hydrogens is 384 g/mol. The highest BCUT2D eigenvalue weighted by molar-refractivity contribution is 6.32. The molecule has 0 atom stereocenters. The predicted molar refractivity (Wildman–Crippen MR) is 108 cm³/mol. The topological polar surface area (TPSA) is 71.1 Å². The minimum Gasteiger partial charge on any atom is -0.490 e. The fraction of sp³-hybridized carbons (Fsp3) is 0.333. The minimum atomic E-state index is -0.445. The summed E-state index contributed by atoms with van der Waals surface area (Å²) in [6.07, 6.45) is 0.796. The number of carbonyl (C=O) groups excluding carboxylic acids is 2. The Balaban J connectivity index is 0.00000122. The molecule has 0 bridgehead atoms. The minimum absolute atomic E-state index is 0.265. The van der Waals surface area contributed by atoms with E-state index in [1.54, 1.807) is 39.3 Å². The molecule has 0 amide bonds. The van der Waals surface area contributed by atoms with Crippen LogP contribution in [-0.2, 0) is 9.47 Å². The third-order valence-corrected chi connectivity index (χ3v) is 3.97. The third kappa shape index (κ3) is 6.87. The highest BCUT2D eigenvalue weighted by Crippen LogP contribution is 2.28. The van der Waals surface area contributed by atoms with Gasteiger partial charge in [-0.25, -0.2) is 4.79 Å². The van der Waals surface area contributed by atoms with E-state index in [1.165, 1.54) is 13.2 Å². The molecule has 28 heavy (non-hydrogen) atoms. The highest BCUT2D eigenvalue weighted by Gasteiger charge is 2.13. The Bertz CT molecular complexity index is 804. The molecule has 0 aliphatic heterocycles. The number of hydrogen-bond donors (Lipinski definition) is 0. The fourth-order valence-corrected chi connectivity index (χ4v) is 2.46. The van der Waals surface area contributed by atoms with Crippen LogP contribution >= 0.6 is 11.6 Å². The van der Waals surface area contributed by atoms with Crippen LogP contribution in [0.1, 0.15) is 31.8 Å². The lowest BCUT2D eigenvalue weighted by atomic mass is 10.1. The number of methoxy groups -OCH3 is 2. The van der Waals surface area contributed by atoms with Gasteiger partial charge >= 0.3 is 5.97 Å². The number of benzene rings is 2. The number of ether oxygens (including phenoxy) is 4. The van der Waals surface area contributed by atoms with Crippen molar-refractivity contribution in [3.05, 3.63) is 57.6 Å². The number of hydrogen-bond acceptors (Lipinski definition) is 6. The van der Waals surface area contributed by atoms with Gasteiger partial charge in [-0.1, -0.05) is 17.7 Å². The lowest BCUT2D eigenvalue weighted by molar-refractivity contribution is 0.0599. The maximum absolute atomic E-state index is 11.6. The van der Waals surface area contributed by atoms with Gasteiger partial charge in [0.2, 0.25) is 0 Å². The number of halogens is 1. The molecule has 0 heterocycles. The normalized spacial score (nSPS) is 9.79. The van der Waals surface area contributed by atoms with Crippen molar-refractivity contribution in [1.82, 2.24) is 0 Å². The first-order valence-electron chi connectivity index (χ1n) is 8.47. The van der Waals surface area contributed by atoms with E-state index in [1.807, 2.05) is 13.0 Å². The molecule has 0 spiro atoms. The third-order valence-electron chi connectivity index (χ3n) is 3.67. The van der Waals surface area contributed by atoms with Crippen molar-refractivity contribution >= 4 is 23.9 Å². The molecule has 2 aromatic carbocycles. The predicted octanol–water partition coefficient (Wildman–Crippen LogP) is 4.28. The first-order chi connectivity index (χ1) is 13.4. The van der Waals surface area contributed by atoms with Crippen LogP contribution in [0.4, 0.5) is 0 Å². The van der Waals surface area contributed by atoms with Crippen LogP contribution in [0.5, 0.6) is 11.5 Å². The number of carbonyl (C=O) groups is 2. The maximum atomic E-state index is 11.6. The summed E-state index contributed by atoms with van der Waals surface area (Å²) in [7, 11) is 4.57. The zero-order valence-corrected chi connectivity index (χ0v) is 17.5. The Kier molecular flexibility index (Phi) is 10.1. The molecule has 2 rings (SSSR count). The van der Waals surface area contributed by atoms with E-state index in [4.69, 9.17) is 25.8 Å². The molecule has 0 saturated carbocycles. The average molecular weight is 409 g/mol. The highest BCUT2D eigenvalue weighted by atomic mass is 35.5. The van der Waals surface area contributed by atoms with Gasteiger partial charge in [-0.05, 0) is 49.2 Å². The van der Waals surface area contributed by atoms with E-state index in [0.717, 1.165) is 11.8 Å². The van der Waals surface area contributed by atoms with Crippen LogP contribution in [0.15, 0.2) is 30.3 Å². The van der Waals surface area contributed by atoms with Crippen LogP contribution in [0.3, 0.4) is 0 Å². The van der Waals surface area contributed by atoms with E-state index in [2.05, 4.69) is 4.74 Å². The van der Waals surface area contributed by atoms with Gasteiger partial charge in [0.1, 0.15) is 31.0 Å². The monoisotopic (exact) mass is 408 g/mol. The Hall–Kier alpha value is -2.57. The summed E-state index contributed by atoms with van der Waals surface area (Å²) < 4.78 is 20.1. The Morgan fingerprint density at radius 3 is 2.25 bits per heavy atom.